The van der Waals surface area contributed by atoms with Crippen LogP contribution in [0.4, 0.5) is 5.82 Å². The van der Waals surface area contributed by atoms with E-state index in [4.69, 9.17) is 18.0 Å². The summed E-state index contributed by atoms with van der Waals surface area (Å²) in [6.45, 7) is 4.60. The van der Waals surface area contributed by atoms with E-state index in [-0.39, 0.29) is 5.25 Å². The third-order valence-electron chi connectivity index (χ3n) is 2.66. The number of nitrogens with zero attached hydrogens (tertiary/aromatic N) is 1. The number of thiocarbonyl (C=S) groups is 1. The summed E-state index contributed by atoms with van der Waals surface area (Å²) in [7, 11) is -0.786. The van der Waals surface area contributed by atoms with Crippen LogP contribution in [0, 0.1) is 6.92 Å². The van der Waals surface area contributed by atoms with Crippen molar-refractivity contribution in [3.8, 4) is 0 Å². The summed E-state index contributed by atoms with van der Waals surface area (Å²) in [5.41, 5.74) is 7.29. The average Bonchev–Trinajstić information content (AvgIpc) is 2.27. The van der Waals surface area contributed by atoms with E-state index in [2.05, 4.69) is 10.3 Å². The molecule has 0 bridgehead atoms. The number of anilines is 1. The minimum absolute atomic E-state index is 0.178. The second-order valence-corrected chi connectivity index (χ2v) is 6.51. The zero-order valence-corrected chi connectivity index (χ0v) is 12.5. The topological polar surface area (TPSA) is 68.0 Å². The highest BCUT2D eigenvalue weighted by Crippen LogP contribution is 2.10. The summed E-state index contributed by atoms with van der Waals surface area (Å²) in [5, 5.41) is 3.38. The fourth-order valence-corrected chi connectivity index (χ4v) is 2.04. The van der Waals surface area contributed by atoms with E-state index in [0.717, 1.165) is 30.0 Å². The molecule has 0 aliphatic rings. The van der Waals surface area contributed by atoms with E-state index in [1.54, 1.807) is 6.26 Å². The van der Waals surface area contributed by atoms with Crippen LogP contribution in [0.2, 0.25) is 0 Å². The van der Waals surface area contributed by atoms with Gasteiger partial charge in [0.1, 0.15) is 10.8 Å². The predicted octanol–water partition coefficient (Wildman–Crippen LogP) is 1.59. The van der Waals surface area contributed by atoms with Crippen LogP contribution < -0.4 is 11.1 Å². The monoisotopic (exact) mass is 285 g/mol. The number of pyridine rings is 1. The lowest BCUT2D eigenvalue weighted by Crippen LogP contribution is -2.16. The highest BCUT2D eigenvalue weighted by Gasteiger charge is 2.06. The van der Waals surface area contributed by atoms with E-state index >= 15 is 0 Å². The van der Waals surface area contributed by atoms with Crippen molar-refractivity contribution in [1.29, 1.82) is 0 Å². The zero-order chi connectivity index (χ0) is 13.7. The Balaban J connectivity index is 2.62. The minimum Gasteiger partial charge on any atom is -0.389 e. The number of aromatic nitrogens is 1. The molecule has 1 aromatic rings. The van der Waals surface area contributed by atoms with Gasteiger partial charge in [0.15, 0.2) is 0 Å². The molecule has 0 aliphatic heterocycles. The number of nitrogens with two attached hydrogens (primary N) is 1. The number of hydrogen-bond donors (Lipinski definition) is 2. The molecule has 0 aromatic carbocycles. The summed E-state index contributed by atoms with van der Waals surface area (Å²) < 4.78 is 11.2. The summed E-state index contributed by atoms with van der Waals surface area (Å²) in [6.07, 6.45) is 2.56. The van der Waals surface area contributed by atoms with E-state index in [0.29, 0.717) is 4.99 Å². The molecule has 0 spiro atoms. The molecule has 0 saturated heterocycles. The van der Waals surface area contributed by atoms with Crippen molar-refractivity contribution < 1.29 is 4.21 Å². The highest BCUT2D eigenvalue weighted by molar-refractivity contribution is 7.84. The van der Waals surface area contributed by atoms with Crippen molar-refractivity contribution in [2.24, 2.45) is 5.73 Å². The van der Waals surface area contributed by atoms with Crippen LogP contribution in [-0.4, -0.2) is 32.2 Å². The average molecular weight is 285 g/mol. The first-order chi connectivity index (χ1) is 8.40. The molecule has 6 heteroatoms. The predicted molar refractivity (Wildman–Crippen MR) is 81.5 cm³/mol. The molecular formula is C12H19N3OS2. The molecule has 4 nitrogen and oxygen atoms in total. The van der Waals surface area contributed by atoms with Gasteiger partial charge in [-0.05, 0) is 25.5 Å². The van der Waals surface area contributed by atoms with Gasteiger partial charge in [-0.15, -0.1) is 0 Å². The first kappa shape index (κ1) is 15.0. The molecule has 1 heterocycles. The van der Waals surface area contributed by atoms with Gasteiger partial charge in [-0.1, -0.05) is 19.1 Å². The van der Waals surface area contributed by atoms with Crippen molar-refractivity contribution in [2.75, 3.05) is 18.1 Å². The lowest BCUT2D eigenvalue weighted by Gasteiger charge is -2.11. The summed E-state index contributed by atoms with van der Waals surface area (Å²) in [4.78, 5) is 4.72. The lowest BCUT2D eigenvalue weighted by molar-refractivity contribution is 0.672. The largest absolute Gasteiger partial charge is 0.389 e. The lowest BCUT2D eigenvalue weighted by atomic mass is 10.2. The number of aryl methyl sites for hydroxylation is 1. The molecule has 3 N–H and O–H groups in total. The Morgan fingerprint density at radius 3 is 2.83 bits per heavy atom. The Morgan fingerprint density at radius 1 is 1.61 bits per heavy atom. The van der Waals surface area contributed by atoms with Crippen LogP contribution in [0.3, 0.4) is 0 Å². The standard InChI is InChI=1S/C12H19N3OS2/c1-8-6-10(12(13)17)7-11(15-8)14-5-4-9(2)18(3)16/h6-7,9H,4-5H2,1-3H3,(H2,13,17)(H,14,15). The Kier molecular flexibility index (Phi) is 5.68. The molecule has 18 heavy (non-hydrogen) atoms. The van der Waals surface area contributed by atoms with Crippen LogP contribution >= 0.6 is 12.2 Å². The smallest absolute Gasteiger partial charge is 0.126 e. The number of nitrogens with one attached hydrogen (secondary N) is 1. The molecule has 0 fully saturated rings. The Labute approximate surface area is 116 Å². The van der Waals surface area contributed by atoms with E-state index in [1.807, 2.05) is 26.0 Å². The molecule has 2 atom stereocenters. The normalized spacial score (nSPS) is 13.9. The fraction of sp³-hybridized carbons (Fsp3) is 0.500. The molecule has 100 valence electrons. The number of hydrogen-bond acceptors (Lipinski definition) is 4. The number of rotatable bonds is 6. The maximum Gasteiger partial charge on any atom is 0.126 e. The van der Waals surface area contributed by atoms with Crippen molar-refractivity contribution >= 4 is 33.8 Å². The van der Waals surface area contributed by atoms with Crippen LogP contribution in [0.25, 0.3) is 0 Å². The van der Waals surface area contributed by atoms with Gasteiger partial charge in [0.05, 0.1) is 0 Å². The van der Waals surface area contributed by atoms with Crippen molar-refractivity contribution in [1.82, 2.24) is 4.98 Å². The van der Waals surface area contributed by atoms with Gasteiger partial charge in [0.25, 0.3) is 0 Å². The molecule has 0 aliphatic carbocycles. The SMILES string of the molecule is Cc1cc(C(N)=S)cc(NCCC(C)S(C)=O)n1. The Hall–Kier alpha value is -1.01. The van der Waals surface area contributed by atoms with Gasteiger partial charge in [0.2, 0.25) is 0 Å². The molecule has 0 saturated carbocycles. The third kappa shape index (κ3) is 4.70. The maximum absolute atomic E-state index is 11.2. The van der Waals surface area contributed by atoms with Gasteiger partial charge in [-0.2, -0.15) is 0 Å². The van der Waals surface area contributed by atoms with Gasteiger partial charge in [-0.25, -0.2) is 4.98 Å². The first-order valence-electron chi connectivity index (χ1n) is 5.74. The van der Waals surface area contributed by atoms with Crippen molar-refractivity contribution in [3.63, 3.8) is 0 Å². The maximum atomic E-state index is 11.2. The van der Waals surface area contributed by atoms with Crippen molar-refractivity contribution in [2.45, 2.75) is 25.5 Å². The second-order valence-electron chi connectivity index (χ2n) is 4.27. The van der Waals surface area contributed by atoms with Gasteiger partial charge in [0, 0.05) is 40.1 Å². The zero-order valence-electron chi connectivity index (χ0n) is 10.9. The molecule has 0 amide bonds. The molecule has 0 radical (unpaired) electrons. The molecule has 1 aromatic heterocycles. The van der Waals surface area contributed by atoms with Crippen LogP contribution in [-0.2, 0) is 10.8 Å². The van der Waals surface area contributed by atoms with Crippen LogP contribution in [0.5, 0.6) is 0 Å². The van der Waals surface area contributed by atoms with Crippen molar-refractivity contribution in [3.05, 3.63) is 23.4 Å². The van der Waals surface area contributed by atoms with Gasteiger partial charge < -0.3 is 11.1 Å². The minimum atomic E-state index is -0.786. The highest BCUT2D eigenvalue weighted by atomic mass is 32.2. The van der Waals surface area contributed by atoms with E-state index < -0.39 is 10.8 Å². The molecular weight excluding hydrogens is 266 g/mol. The van der Waals surface area contributed by atoms with E-state index in [1.165, 1.54) is 0 Å². The quantitative estimate of drug-likeness (QED) is 0.777. The summed E-state index contributed by atoms with van der Waals surface area (Å²) in [6, 6.07) is 3.69. The summed E-state index contributed by atoms with van der Waals surface area (Å²) >= 11 is 4.95. The molecule has 2 unspecified atom stereocenters. The van der Waals surface area contributed by atoms with Gasteiger partial charge >= 0.3 is 0 Å². The van der Waals surface area contributed by atoms with Crippen LogP contribution in [0.1, 0.15) is 24.6 Å². The van der Waals surface area contributed by atoms with E-state index in [9.17, 15) is 4.21 Å². The summed E-state index contributed by atoms with van der Waals surface area (Å²) in [5.74, 6) is 0.756. The fourth-order valence-electron chi connectivity index (χ4n) is 1.47. The third-order valence-corrected chi connectivity index (χ3v) is 4.27. The van der Waals surface area contributed by atoms with Gasteiger partial charge in [-0.3, -0.25) is 4.21 Å². The molecule has 1 rings (SSSR count). The Morgan fingerprint density at radius 2 is 2.28 bits per heavy atom. The Bertz CT molecular complexity index is 463. The second kappa shape index (κ2) is 6.80. The first-order valence-corrected chi connectivity index (χ1v) is 7.77. The van der Waals surface area contributed by atoms with Crippen LogP contribution in [0.15, 0.2) is 12.1 Å².